The average molecular weight is 238 g/mol. The summed E-state index contributed by atoms with van der Waals surface area (Å²) in [5, 5.41) is 8.37. The van der Waals surface area contributed by atoms with E-state index >= 15 is 0 Å². The van der Waals surface area contributed by atoms with Gasteiger partial charge in [-0.05, 0) is 17.2 Å². The zero-order valence-electron chi connectivity index (χ0n) is 8.21. The third kappa shape index (κ3) is 3.41. The summed E-state index contributed by atoms with van der Waals surface area (Å²) in [5.74, 6) is -1.12. The molecule has 0 bridgehead atoms. The van der Waals surface area contributed by atoms with E-state index in [0.29, 0.717) is 0 Å². The number of carbonyl (C=O) groups is 1. The van der Waals surface area contributed by atoms with E-state index in [1.807, 2.05) is 0 Å². The summed E-state index contributed by atoms with van der Waals surface area (Å²) < 4.78 is 40.0. The Morgan fingerprint density at radius 2 is 2.19 bits per heavy atom. The minimum atomic E-state index is -4.35. The first-order valence-corrected chi connectivity index (χ1v) is 4.25. The summed E-state index contributed by atoms with van der Waals surface area (Å²) in [5.41, 5.74) is 4.87. The molecular weight excluding hydrogens is 229 g/mol. The number of hydrogen-bond donors (Lipinski definition) is 2. The largest absolute Gasteiger partial charge is 0.391 e. The van der Waals surface area contributed by atoms with Crippen LogP contribution in [-0.4, -0.2) is 28.4 Å². The smallest absolute Gasteiger partial charge is 0.379 e. The molecule has 1 heterocycles. The number of halogens is 3. The van der Waals surface area contributed by atoms with Crippen molar-refractivity contribution in [3.05, 3.63) is 5.69 Å². The van der Waals surface area contributed by atoms with Crippen LogP contribution in [0.15, 0.2) is 4.63 Å². The Bertz CT molecular complexity index is 376. The van der Waals surface area contributed by atoms with Crippen LogP contribution in [0.3, 0.4) is 0 Å². The number of amides is 1. The van der Waals surface area contributed by atoms with Gasteiger partial charge in [0.25, 0.3) is 5.91 Å². The lowest BCUT2D eigenvalue weighted by atomic mass is 10.2. The minimum absolute atomic E-state index is 0.267. The first-order chi connectivity index (χ1) is 7.29. The minimum Gasteiger partial charge on any atom is -0.379 e. The van der Waals surface area contributed by atoms with Gasteiger partial charge in [-0.3, -0.25) is 4.79 Å². The Balaban J connectivity index is 2.56. The number of nitrogens with two attached hydrogens (primary N) is 1. The Kier molecular flexibility index (Phi) is 3.35. The molecule has 9 heteroatoms. The maximum absolute atomic E-state index is 12.0. The Morgan fingerprint density at radius 1 is 1.56 bits per heavy atom. The number of aromatic nitrogens is 2. The van der Waals surface area contributed by atoms with Gasteiger partial charge >= 0.3 is 6.18 Å². The van der Waals surface area contributed by atoms with Crippen molar-refractivity contribution in [2.45, 2.75) is 25.6 Å². The lowest BCUT2D eigenvalue weighted by Gasteiger charge is -2.14. The average Bonchev–Trinajstić information content (AvgIpc) is 2.47. The van der Waals surface area contributed by atoms with Crippen LogP contribution in [0, 0.1) is 0 Å². The highest BCUT2D eigenvalue weighted by atomic mass is 19.4. The number of carbonyl (C=O) groups excluding carboxylic acids is 1. The van der Waals surface area contributed by atoms with E-state index in [-0.39, 0.29) is 11.5 Å². The van der Waals surface area contributed by atoms with Crippen LogP contribution in [0.4, 0.5) is 19.0 Å². The zero-order chi connectivity index (χ0) is 12.3. The maximum atomic E-state index is 12.0. The van der Waals surface area contributed by atoms with Crippen molar-refractivity contribution in [2.75, 3.05) is 5.73 Å². The van der Waals surface area contributed by atoms with Gasteiger partial charge in [0, 0.05) is 6.04 Å². The van der Waals surface area contributed by atoms with Gasteiger partial charge in [-0.1, -0.05) is 0 Å². The van der Waals surface area contributed by atoms with Crippen molar-refractivity contribution < 1.29 is 22.6 Å². The quantitative estimate of drug-likeness (QED) is 0.809. The van der Waals surface area contributed by atoms with Crippen LogP contribution in [-0.2, 0) is 0 Å². The Morgan fingerprint density at radius 3 is 2.62 bits per heavy atom. The van der Waals surface area contributed by atoms with E-state index in [1.165, 1.54) is 6.92 Å². The first kappa shape index (κ1) is 12.3. The van der Waals surface area contributed by atoms with Crippen molar-refractivity contribution in [3.8, 4) is 0 Å². The van der Waals surface area contributed by atoms with Crippen molar-refractivity contribution >= 4 is 11.7 Å². The molecule has 16 heavy (non-hydrogen) atoms. The third-order valence-corrected chi connectivity index (χ3v) is 1.64. The molecule has 1 rings (SSSR count). The highest BCUT2D eigenvalue weighted by Crippen LogP contribution is 2.21. The fourth-order valence-corrected chi connectivity index (χ4v) is 1.04. The molecule has 0 aliphatic carbocycles. The summed E-state index contributed by atoms with van der Waals surface area (Å²) in [6.45, 7) is 1.22. The van der Waals surface area contributed by atoms with E-state index in [2.05, 4.69) is 20.3 Å². The Labute approximate surface area is 87.9 Å². The van der Waals surface area contributed by atoms with Crippen molar-refractivity contribution in [3.63, 3.8) is 0 Å². The molecule has 0 saturated heterocycles. The summed E-state index contributed by atoms with van der Waals surface area (Å²) in [6.07, 6.45) is -5.48. The van der Waals surface area contributed by atoms with Crippen molar-refractivity contribution in [2.24, 2.45) is 0 Å². The van der Waals surface area contributed by atoms with Gasteiger partial charge in [-0.25, -0.2) is 4.63 Å². The molecule has 0 radical (unpaired) electrons. The van der Waals surface area contributed by atoms with Gasteiger partial charge in [0.1, 0.15) is 0 Å². The van der Waals surface area contributed by atoms with Gasteiger partial charge in [0.15, 0.2) is 0 Å². The zero-order valence-corrected chi connectivity index (χ0v) is 8.21. The van der Waals surface area contributed by atoms with Gasteiger partial charge < -0.3 is 11.1 Å². The molecule has 0 aromatic carbocycles. The molecule has 6 nitrogen and oxygen atoms in total. The number of nitrogens with zero attached hydrogens (tertiary/aromatic N) is 2. The normalized spacial score (nSPS) is 13.5. The van der Waals surface area contributed by atoms with E-state index in [9.17, 15) is 18.0 Å². The Hall–Kier alpha value is -1.80. The van der Waals surface area contributed by atoms with Gasteiger partial charge in [0.05, 0.1) is 6.42 Å². The van der Waals surface area contributed by atoms with E-state index in [0.717, 1.165) is 0 Å². The molecule has 0 spiro atoms. The van der Waals surface area contributed by atoms with E-state index in [1.54, 1.807) is 0 Å². The number of alkyl halides is 3. The first-order valence-electron chi connectivity index (χ1n) is 4.25. The number of rotatable bonds is 3. The third-order valence-electron chi connectivity index (χ3n) is 1.64. The second-order valence-electron chi connectivity index (χ2n) is 3.19. The second-order valence-corrected chi connectivity index (χ2v) is 3.19. The topological polar surface area (TPSA) is 94.0 Å². The van der Waals surface area contributed by atoms with Crippen molar-refractivity contribution in [1.82, 2.24) is 15.6 Å². The molecule has 0 fully saturated rings. The van der Waals surface area contributed by atoms with Crippen LogP contribution in [0.5, 0.6) is 0 Å². The number of nitrogen functional groups attached to an aromatic ring is 1. The second kappa shape index (κ2) is 4.37. The van der Waals surface area contributed by atoms with Crippen LogP contribution in [0.2, 0.25) is 0 Å². The molecule has 90 valence electrons. The predicted molar refractivity (Wildman–Crippen MR) is 46.3 cm³/mol. The number of nitrogens with one attached hydrogen (secondary N) is 1. The number of anilines is 1. The summed E-state index contributed by atoms with van der Waals surface area (Å²) in [7, 11) is 0. The summed E-state index contributed by atoms with van der Waals surface area (Å²) >= 11 is 0. The van der Waals surface area contributed by atoms with Crippen LogP contribution >= 0.6 is 0 Å². The molecule has 0 aliphatic heterocycles. The predicted octanol–water partition coefficient (Wildman–Crippen LogP) is 0.723. The molecule has 1 aromatic rings. The number of hydrogen-bond acceptors (Lipinski definition) is 5. The molecule has 1 amide bonds. The van der Waals surface area contributed by atoms with Gasteiger partial charge in [0.2, 0.25) is 11.5 Å². The van der Waals surface area contributed by atoms with E-state index in [4.69, 9.17) is 5.73 Å². The standard InChI is InChI=1S/C7H9F3N4O2/c1-3(2-7(8,9)10)12-6(15)4-5(11)14-16-13-4/h3H,2H2,1H3,(H2,11,14)(H,12,15). The van der Waals surface area contributed by atoms with Crippen molar-refractivity contribution in [1.29, 1.82) is 0 Å². The molecule has 1 atom stereocenters. The molecule has 0 saturated carbocycles. The summed E-state index contributed by atoms with van der Waals surface area (Å²) in [4.78, 5) is 11.3. The fraction of sp³-hybridized carbons (Fsp3) is 0.571. The molecular formula is C7H9F3N4O2. The molecule has 3 N–H and O–H groups in total. The van der Waals surface area contributed by atoms with E-state index < -0.39 is 24.5 Å². The molecule has 0 aliphatic rings. The van der Waals surface area contributed by atoms with Crippen LogP contribution < -0.4 is 11.1 Å². The SMILES string of the molecule is CC(CC(F)(F)F)NC(=O)c1nonc1N. The lowest BCUT2D eigenvalue weighted by molar-refractivity contribution is -0.138. The van der Waals surface area contributed by atoms with Gasteiger partial charge in [-0.15, -0.1) is 0 Å². The molecule has 1 unspecified atom stereocenters. The monoisotopic (exact) mass is 238 g/mol. The fourth-order valence-electron chi connectivity index (χ4n) is 1.04. The van der Waals surface area contributed by atoms with Gasteiger partial charge in [-0.2, -0.15) is 13.2 Å². The summed E-state index contributed by atoms with van der Waals surface area (Å²) in [6, 6.07) is -1.08. The highest BCUT2D eigenvalue weighted by molar-refractivity contribution is 5.96. The lowest BCUT2D eigenvalue weighted by Crippen LogP contribution is -2.36. The van der Waals surface area contributed by atoms with Crippen LogP contribution in [0.25, 0.3) is 0 Å². The highest BCUT2D eigenvalue weighted by Gasteiger charge is 2.31. The maximum Gasteiger partial charge on any atom is 0.391 e. The van der Waals surface area contributed by atoms with Crippen LogP contribution in [0.1, 0.15) is 23.8 Å². The molecule has 1 aromatic heterocycles.